The fraction of sp³-hybridized carbons (Fsp3) is 0.273. The summed E-state index contributed by atoms with van der Waals surface area (Å²) < 4.78 is 0. The van der Waals surface area contributed by atoms with E-state index < -0.39 is 11.4 Å². The van der Waals surface area contributed by atoms with Crippen LogP contribution in [0.15, 0.2) is 18.2 Å². The van der Waals surface area contributed by atoms with Crippen LogP contribution in [0.2, 0.25) is 5.15 Å². The second-order valence-electron chi connectivity index (χ2n) is 4.20. The molecule has 0 aliphatic heterocycles. The van der Waals surface area contributed by atoms with Gasteiger partial charge in [0.1, 0.15) is 5.15 Å². The molecule has 0 aliphatic rings. The van der Waals surface area contributed by atoms with E-state index >= 15 is 0 Å². The van der Waals surface area contributed by atoms with Crippen LogP contribution in [-0.4, -0.2) is 21.3 Å². The lowest BCUT2D eigenvalue weighted by Crippen LogP contribution is -2.28. The van der Waals surface area contributed by atoms with Crippen LogP contribution >= 0.6 is 11.6 Å². The molecular weight excluding hydrogens is 228 g/mol. The first-order chi connectivity index (χ1) is 7.43. The van der Waals surface area contributed by atoms with Gasteiger partial charge in [-0.2, -0.15) is 5.10 Å². The first kappa shape index (κ1) is 11.0. The summed E-state index contributed by atoms with van der Waals surface area (Å²) in [7, 11) is 0. The number of aromatic nitrogens is 2. The number of H-pyrrole nitrogens is 1. The van der Waals surface area contributed by atoms with Gasteiger partial charge < -0.3 is 5.11 Å². The van der Waals surface area contributed by atoms with E-state index in [0.717, 1.165) is 10.9 Å². The van der Waals surface area contributed by atoms with Crippen molar-refractivity contribution in [2.45, 2.75) is 19.3 Å². The highest BCUT2D eigenvalue weighted by Gasteiger charge is 2.29. The highest BCUT2D eigenvalue weighted by molar-refractivity contribution is 6.34. The van der Waals surface area contributed by atoms with Gasteiger partial charge in [0, 0.05) is 5.39 Å². The molecule has 16 heavy (non-hydrogen) atoms. The second-order valence-corrected chi connectivity index (χ2v) is 4.58. The monoisotopic (exact) mass is 238 g/mol. The van der Waals surface area contributed by atoms with Crippen molar-refractivity contribution in [3.8, 4) is 0 Å². The highest BCUT2D eigenvalue weighted by atomic mass is 35.5. The molecule has 0 aliphatic carbocycles. The van der Waals surface area contributed by atoms with Crippen LogP contribution in [0.4, 0.5) is 0 Å². The number of halogens is 1. The van der Waals surface area contributed by atoms with Gasteiger partial charge in [-0.1, -0.05) is 17.7 Å². The molecule has 0 spiro atoms. The molecule has 1 heterocycles. The number of carboxylic acids is 1. The zero-order valence-corrected chi connectivity index (χ0v) is 9.67. The van der Waals surface area contributed by atoms with E-state index in [-0.39, 0.29) is 0 Å². The molecule has 2 rings (SSSR count). The first-order valence-electron chi connectivity index (χ1n) is 4.80. The molecule has 0 atom stereocenters. The first-order valence-corrected chi connectivity index (χ1v) is 5.18. The van der Waals surface area contributed by atoms with E-state index in [0.29, 0.717) is 10.7 Å². The molecule has 2 aromatic rings. The number of benzene rings is 1. The Morgan fingerprint density at radius 1 is 1.50 bits per heavy atom. The summed E-state index contributed by atoms with van der Waals surface area (Å²) in [5, 5.41) is 16.9. The fourth-order valence-corrected chi connectivity index (χ4v) is 1.68. The Bertz CT molecular complexity index is 560. The predicted octanol–water partition coefficient (Wildman–Crippen LogP) is 2.58. The second kappa shape index (κ2) is 3.49. The average Bonchev–Trinajstić information content (AvgIpc) is 2.60. The molecule has 4 nitrogen and oxygen atoms in total. The third kappa shape index (κ3) is 1.55. The van der Waals surface area contributed by atoms with Gasteiger partial charge in [-0.25, -0.2) is 0 Å². The number of carboxylic acid groups (broad SMARTS) is 1. The average molecular weight is 239 g/mol. The molecule has 5 heteroatoms. The Morgan fingerprint density at radius 3 is 2.81 bits per heavy atom. The maximum Gasteiger partial charge on any atom is 0.313 e. The van der Waals surface area contributed by atoms with Crippen molar-refractivity contribution in [2.75, 3.05) is 0 Å². The number of hydrogen-bond acceptors (Lipinski definition) is 2. The van der Waals surface area contributed by atoms with E-state index in [2.05, 4.69) is 10.2 Å². The smallest absolute Gasteiger partial charge is 0.313 e. The molecule has 84 valence electrons. The van der Waals surface area contributed by atoms with Crippen molar-refractivity contribution >= 4 is 28.5 Å². The van der Waals surface area contributed by atoms with Crippen LogP contribution < -0.4 is 0 Å². The summed E-state index contributed by atoms with van der Waals surface area (Å²) in [5.41, 5.74) is 0.500. The molecular formula is C11H11ClN2O2. The Morgan fingerprint density at radius 2 is 2.19 bits per heavy atom. The predicted molar refractivity (Wildman–Crippen MR) is 61.8 cm³/mol. The molecule has 0 radical (unpaired) electrons. The number of nitrogens with one attached hydrogen (secondary N) is 1. The van der Waals surface area contributed by atoms with Crippen LogP contribution in [0.1, 0.15) is 19.4 Å². The zero-order valence-electron chi connectivity index (χ0n) is 8.91. The highest BCUT2D eigenvalue weighted by Crippen LogP contribution is 2.28. The van der Waals surface area contributed by atoms with Crippen LogP contribution in [0, 0.1) is 0 Å². The van der Waals surface area contributed by atoms with Crippen molar-refractivity contribution in [1.82, 2.24) is 10.2 Å². The van der Waals surface area contributed by atoms with E-state index in [9.17, 15) is 4.79 Å². The van der Waals surface area contributed by atoms with Gasteiger partial charge >= 0.3 is 5.97 Å². The van der Waals surface area contributed by atoms with Crippen LogP contribution in [0.25, 0.3) is 10.9 Å². The molecule has 1 aromatic carbocycles. The van der Waals surface area contributed by atoms with Gasteiger partial charge in [0.05, 0.1) is 10.9 Å². The summed E-state index contributed by atoms with van der Waals surface area (Å²) in [5.74, 6) is -0.869. The number of aromatic amines is 1. The lowest BCUT2D eigenvalue weighted by Gasteiger charge is -2.19. The Labute approximate surface area is 97.2 Å². The summed E-state index contributed by atoms with van der Waals surface area (Å²) in [4.78, 5) is 11.1. The van der Waals surface area contributed by atoms with Crippen molar-refractivity contribution in [2.24, 2.45) is 0 Å². The largest absolute Gasteiger partial charge is 0.481 e. The number of carbonyl (C=O) groups is 1. The molecule has 0 fully saturated rings. The molecule has 0 saturated carbocycles. The van der Waals surface area contributed by atoms with Gasteiger partial charge in [0.15, 0.2) is 0 Å². The summed E-state index contributed by atoms with van der Waals surface area (Å²) in [6, 6.07) is 5.28. The molecule has 0 amide bonds. The minimum Gasteiger partial charge on any atom is -0.481 e. The third-order valence-electron chi connectivity index (χ3n) is 2.76. The van der Waals surface area contributed by atoms with E-state index in [1.54, 1.807) is 32.0 Å². The fourth-order valence-electron chi connectivity index (χ4n) is 1.49. The maximum atomic E-state index is 11.1. The lowest BCUT2D eigenvalue weighted by molar-refractivity contribution is -0.142. The van der Waals surface area contributed by atoms with E-state index in [1.807, 2.05) is 0 Å². The number of hydrogen-bond donors (Lipinski definition) is 2. The molecule has 0 saturated heterocycles. The Hall–Kier alpha value is -1.55. The zero-order chi connectivity index (χ0) is 11.9. The van der Waals surface area contributed by atoms with E-state index in [4.69, 9.17) is 16.7 Å². The van der Waals surface area contributed by atoms with Crippen LogP contribution in [0.5, 0.6) is 0 Å². The maximum absolute atomic E-state index is 11.1. The standard InChI is InChI=1S/C11H11ClN2O2/c1-11(2,10(15)16)6-3-4-8-7(5-6)9(12)14-13-8/h3-5H,1-2H3,(H,13,14)(H,15,16). The minimum absolute atomic E-state index is 0.429. The Kier molecular flexibility index (Phi) is 2.39. The number of fused-ring (bicyclic) bond motifs is 1. The summed E-state index contributed by atoms with van der Waals surface area (Å²) in [6.45, 7) is 3.31. The van der Waals surface area contributed by atoms with Crippen molar-refractivity contribution in [3.05, 3.63) is 28.9 Å². The van der Waals surface area contributed by atoms with Gasteiger partial charge in [-0.05, 0) is 31.5 Å². The van der Waals surface area contributed by atoms with Crippen molar-refractivity contribution in [1.29, 1.82) is 0 Å². The Balaban J connectivity index is 2.62. The number of rotatable bonds is 2. The van der Waals surface area contributed by atoms with Crippen molar-refractivity contribution < 1.29 is 9.90 Å². The van der Waals surface area contributed by atoms with Crippen molar-refractivity contribution in [3.63, 3.8) is 0 Å². The molecule has 2 N–H and O–H groups in total. The molecule has 0 unspecified atom stereocenters. The van der Waals surface area contributed by atoms with Gasteiger partial charge in [0.25, 0.3) is 0 Å². The van der Waals surface area contributed by atoms with Gasteiger partial charge in [-0.15, -0.1) is 0 Å². The van der Waals surface area contributed by atoms with Crippen LogP contribution in [0.3, 0.4) is 0 Å². The third-order valence-corrected chi connectivity index (χ3v) is 3.05. The summed E-state index contributed by atoms with van der Waals surface area (Å²) in [6.07, 6.45) is 0. The minimum atomic E-state index is -0.936. The van der Waals surface area contributed by atoms with E-state index in [1.165, 1.54) is 0 Å². The molecule has 1 aromatic heterocycles. The van der Waals surface area contributed by atoms with Gasteiger partial charge in [0.2, 0.25) is 0 Å². The summed E-state index contributed by atoms with van der Waals surface area (Å²) >= 11 is 5.91. The topological polar surface area (TPSA) is 66.0 Å². The normalized spacial score (nSPS) is 11.9. The van der Waals surface area contributed by atoms with Crippen LogP contribution in [-0.2, 0) is 10.2 Å². The number of nitrogens with zero attached hydrogens (tertiary/aromatic N) is 1. The SMILES string of the molecule is CC(C)(C(=O)O)c1ccc2n[nH]c(Cl)c2c1. The number of aliphatic carboxylic acids is 1. The molecule has 0 bridgehead atoms. The quantitative estimate of drug-likeness (QED) is 0.845. The lowest BCUT2D eigenvalue weighted by atomic mass is 9.84. The van der Waals surface area contributed by atoms with Gasteiger partial charge in [-0.3, -0.25) is 9.89 Å².